The van der Waals surface area contributed by atoms with E-state index < -0.39 is 11.6 Å². The fourth-order valence-electron chi connectivity index (χ4n) is 0.880. The van der Waals surface area contributed by atoms with Crippen molar-refractivity contribution in [2.24, 2.45) is 0 Å². The molecule has 1 aromatic heterocycles. The lowest BCUT2D eigenvalue weighted by molar-refractivity contribution is 0.522. The van der Waals surface area contributed by atoms with E-state index in [1.807, 2.05) is 0 Å². The summed E-state index contributed by atoms with van der Waals surface area (Å²) in [6.45, 7) is 1.75. The maximum Gasteiger partial charge on any atom is 0.149 e. The highest BCUT2D eigenvalue weighted by Crippen LogP contribution is 2.13. The molecular weight excluding hydrogens is 162 g/mol. The number of pyridine rings is 1. The van der Waals surface area contributed by atoms with Gasteiger partial charge in [0.1, 0.15) is 11.6 Å². The van der Waals surface area contributed by atoms with E-state index in [4.69, 9.17) is 0 Å². The van der Waals surface area contributed by atoms with Gasteiger partial charge in [0.25, 0.3) is 0 Å². The summed E-state index contributed by atoms with van der Waals surface area (Å²) in [5.41, 5.74) is 0.235. The van der Waals surface area contributed by atoms with Crippen molar-refractivity contribution in [3.8, 4) is 0 Å². The largest absolute Gasteiger partial charge is 0.312 e. The Kier molecular flexibility index (Phi) is 2.70. The normalized spacial score (nSPS) is 13.0. The Bertz CT molecular complexity index is 276. The molecule has 0 fully saturated rings. The zero-order valence-corrected chi connectivity index (χ0v) is 6.94. The van der Waals surface area contributed by atoms with E-state index in [0.29, 0.717) is 0 Å². The van der Waals surface area contributed by atoms with Crippen LogP contribution in [0.3, 0.4) is 0 Å². The smallest absolute Gasteiger partial charge is 0.149 e. The number of rotatable bonds is 2. The monoisotopic (exact) mass is 172 g/mol. The van der Waals surface area contributed by atoms with Crippen LogP contribution in [0.1, 0.15) is 18.7 Å². The summed E-state index contributed by atoms with van der Waals surface area (Å²) in [6, 6.07) is 0.626. The lowest BCUT2D eigenvalue weighted by Gasteiger charge is -2.09. The summed E-state index contributed by atoms with van der Waals surface area (Å²) in [5, 5.41) is 2.82. The number of halogens is 2. The average Bonchev–Trinajstić information content (AvgIpc) is 2.03. The molecule has 0 aromatic carbocycles. The van der Waals surface area contributed by atoms with Crippen LogP contribution >= 0.6 is 0 Å². The Morgan fingerprint density at radius 1 is 1.50 bits per heavy atom. The summed E-state index contributed by atoms with van der Waals surface area (Å²) in [5.74, 6) is -1.27. The molecule has 1 rings (SSSR count). The zero-order chi connectivity index (χ0) is 9.14. The molecule has 4 heteroatoms. The lowest BCUT2D eigenvalue weighted by Crippen LogP contribution is -2.15. The van der Waals surface area contributed by atoms with Crippen molar-refractivity contribution >= 4 is 0 Å². The Morgan fingerprint density at radius 3 is 2.67 bits per heavy atom. The Balaban J connectivity index is 3.01. The van der Waals surface area contributed by atoms with Crippen molar-refractivity contribution in [1.29, 1.82) is 0 Å². The highest BCUT2D eigenvalue weighted by molar-refractivity contribution is 5.11. The molecule has 1 N–H and O–H groups in total. The Hall–Kier alpha value is -1.03. The van der Waals surface area contributed by atoms with Crippen LogP contribution in [0.4, 0.5) is 8.78 Å². The minimum Gasteiger partial charge on any atom is -0.312 e. The molecule has 0 aliphatic rings. The van der Waals surface area contributed by atoms with Gasteiger partial charge in [-0.15, -0.1) is 0 Å². The van der Waals surface area contributed by atoms with Gasteiger partial charge in [0.2, 0.25) is 0 Å². The average molecular weight is 172 g/mol. The van der Waals surface area contributed by atoms with Crippen molar-refractivity contribution in [1.82, 2.24) is 10.3 Å². The van der Waals surface area contributed by atoms with Gasteiger partial charge in [0.15, 0.2) is 0 Å². The highest BCUT2D eigenvalue weighted by Gasteiger charge is 2.10. The van der Waals surface area contributed by atoms with Crippen molar-refractivity contribution in [2.75, 3.05) is 7.05 Å². The first-order valence-electron chi connectivity index (χ1n) is 3.63. The van der Waals surface area contributed by atoms with E-state index in [1.165, 1.54) is 0 Å². The van der Waals surface area contributed by atoms with Gasteiger partial charge in [-0.1, -0.05) is 0 Å². The van der Waals surface area contributed by atoms with Gasteiger partial charge in [-0.3, -0.25) is 4.98 Å². The van der Waals surface area contributed by atoms with Crippen LogP contribution in [-0.2, 0) is 0 Å². The van der Waals surface area contributed by atoms with Gasteiger partial charge < -0.3 is 5.32 Å². The van der Waals surface area contributed by atoms with Gasteiger partial charge in [0.05, 0.1) is 11.9 Å². The van der Waals surface area contributed by atoms with Crippen LogP contribution < -0.4 is 5.32 Å². The molecule has 66 valence electrons. The lowest BCUT2D eigenvalue weighted by atomic mass is 10.2. The van der Waals surface area contributed by atoms with Gasteiger partial charge in [0, 0.05) is 12.1 Å². The minimum absolute atomic E-state index is 0.203. The molecule has 0 aliphatic carbocycles. The predicted molar refractivity (Wildman–Crippen MR) is 41.6 cm³/mol. The number of aromatic nitrogens is 1. The molecule has 0 radical (unpaired) electrons. The van der Waals surface area contributed by atoms with Crippen LogP contribution in [0.5, 0.6) is 0 Å². The van der Waals surface area contributed by atoms with Crippen molar-refractivity contribution < 1.29 is 8.78 Å². The van der Waals surface area contributed by atoms with E-state index in [-0.39, 0.29) is 11.7 Å². The fourth-order valence-corrected chi connectivity index (χ4v) is 0.880. The third kappa shape index (κ3) is 1.76. The van der Waals surface area contributed by atoms with Crippen molar-refractivity contribution in [3.05, 3.63) is 29.6 Å². The molecule has 0 saturated heterocycles. The maximum absolute atomic E-state index is 12.9. The van der Waals surface area contributed by atoms with Gasteiger partial charge >= 0.3 is 0 Å². The van der Waals surface area contributed by atoms with Crippen molar-refractivity contribution in [2.45, 2.75) is 13.0 Å². The van der Waals surface area contributed by atoms with Crippen LogP contribution in [0.2, 0.25) is 0 Å². The first-order valence-corrected chi connectivity index (χ1v) is 3.63. The number of hydrogen-bond acceptors (Lipinski definition) is 2. The quantitative estimate of drug-likeness (QED) is 0.733. The predicted octanol–water partition coefficient (Wildman–Crippen LogP) is 1.64. The van der Waals surface area contributed by atoms with E-state index in [9.17, 15) is 8.78 Å². The second kappa shape index (κ2) is 3.58. The second-order valence-corrected chi connectivity index (χ2v) is 2.53. The summed E-state index contributed by atoms with van der Waals surface area (Å²) in [4.78, 5) is 3.64. The number of hydrogen-bond donors (Lipinski definition) is 1. The van der Waals surface area contributed by atoms with Crippen LogP contribution in [0.15, 0.2) is 12.3 Å². The third-order valence-electron chi connectivity index (χ3n) is 1.68. The molecule has 0 unspecified atom stereocenters. The highest BCUT2D eigenvalue weighted by atomic mass is 19.1. The van der Waals surface area contributed by atoms with Gasteiger partial charge in [-0.05, 0) is 14.0 Å². The van der Waals surface area contributed by atoms with Crippen LogP contribution in [-0.4, -0.2) is 12.0 Å². The summed E-state index contributed by atoms with van der Waals surface area (Å²) in [6.07, 6.45) is 1.01. The molecule has 0 amide bonds. The maximum atomic E-state index is 12.9. The first kappa shape index (κ1) is 9.06. The van der Waals surface area contributed by atoms with E-state index in [0.717, 1.165) is 12.3 Å². The molecule has 12 heavy (non-hydrogen) atoms. The zero-order valence-electron chi connectivity index (χ0n) is 6.94. The van der Waals surface area contributed by atoms with Gasteiger partial charge in [-0.25, -0.2) is 8.78 Å². The summed E-state index contributed by atoms with van der Waals surface area (Å²) >= 11 is 0. The minimum atomic E-state index is -0.653. The third-order valence-corrected chi connectivity index (χ3v) is 1.68. The summed E-state index contributed by atoms with van der Waals surface area (Å²) < 4.78 is 25.3. The SMILES string of the molecule is CN[C@@H](C)c1ncc(F)cc1F. The van der Waals surface area contributed by atoms with E-state index in [2.05, 4.69) is 10.3 Å². The molecule has 1 aromatic rings. The van der Waals surface area contributed by atoms with Gasteiger partial charge in [-0.2, -0.15) is 0 Å². The van der Waals surface area contributed by atoms with Crippen LogP contribution in [0, 0.1) is 11.6 Å². The Morgan fingerprint density at radius 2 is 2.17 bits per heavy atom. The number of nitrogens with one attached hydrogen (secondary N) is 1. The topological polar surface area (TPSA) is 24.9 Å². The molecule has 0 bridgehead atoms. The fraction of sp³-hybridized carbons (Fsp3) is 0.375. The molecule has 2 nitrogen and oxygen atoms in total. The molecular formula is C8H10F2N2. The first-order chi connectivity index (χ1) is 5.65. The van der Waals surface area contributed by atoms with E-state index >= 15 is 0 Å². The second-order valence-electron chi connectivity index (χ2n) is 2.53. The van der Waals surface area contributed by atoms with Crippen molar-refractivity contribution in [3.63, 3.8) is 0 Å². The van der Waals surface area contributed by atoms with E-state index in [1.54, 1.807) is 14.0 Å². The molecule has 0 saturated carbocycles. The van der Waals surface area contributed by atoms with Crippen LogP contribution in [0.25, 0.3) is 0 Å². The Labute approximate surface area is 69.6 Å². The molecule has 1 heterocycles. The molecule has 0 aliphatic heterocycles. The number of nitrogens with zero attached hydrogens (tertiary/aromatic N) is 1. The molecule has 0 spiro atoms. The molecule has 1 atom stereocenters. The summed E-state index contributed by atoms with van der Waals surface area (Å²) in [7, 11) is 1.69. The standard InChI is InChI=1S/C8H10F2N2/c1-5(11-2)8-7(10)3-6(9)4-12-8/h3-5,11H,1-2H3/t5-/m0/s1.